The number of carbonyl (C=O) groups is 1. The Balaban J connectivity index is 1.74. The molecule has 1 aromatic carbocycles. The number of likely N-dealkylation sites (N-methyl/N-ethyl adjacent to an activating group) is 1. The van der Waals surface area contributed by atoms with Gasteiger partial charge in [-0.3, -0.25) is 9.89 Å². The molecule has 1 unspecified atom stereocenters. The van der Waals surface area contributed by atoms with E-state index in [1.807, 2.05) is 19.1 Å². The van der Waals surface area contributed by atoms with Gasteiger partial charge in [-0.2, -0.15) is 5.10 Å². The molecule has 1 aliphatic rings. The highest BCUT2D eigenvalue weighted by Crippen LogP contribution is 2.32. The molecule has 1 heterocycles. The van der Waals surface area contributed by atoms with Gasteiger partial charge in [0.05, 0.1) is 6.10 Å². The number of aryl methyl sites for hydroxylation is 1. The summed E-state index contributed by atoms with van der Waals surface area (Å²) in [6.45, 7) is 2.20. The van der Waals surface area contributed by atoms with Gasteiger partial charge >= 0.3 is 0 Å². The summed E-state index contributed by atoms with van der Waals surface area (Å²) >= 11 is 0. The number of carbonyl (C=O) groups excluding carboxylic acids is 1. The lowest BCUT2D eigenvalue weighted by molar-refractivity contribution is 0.0645. The molecule has 116 valence electrons. The average Bonchev–Trinajstić information content (AvgIpc) is 3.28. The number of amides is 1. The first-order valence-electron chi connectivity index (χ1n) is 7.47. The Morgan fingerprint density at radius 1 is 1.50 bits per heavy atom. The number of benzene rings is 1. The van der Waals surface area contributed by atoms with E-state index in [1.54, 1.807) is 24.1 Å². The fraction of sp³-hybridized carbons (Fsp3) is 0.438. The molecular weight excluding hydrogens is 280 g/mol. The second kappa shape index (κ2) is 5.88. The third kappa shape index (κ3) is 3.17. The number of aliphatic hydroxyl groups excluding tert-OH is 1. The largest absolute Gasteiger partial charge is 0.391 e. The normalized spacial score (nSPS) is 15.6. The molecule has 0 spiro atoms. The van der Waals surface area contributed by atoms with E-state index < -0.39 is 6.10 Å². The lowest BCUT2D eigenvalue weighted by atomic mass is 10.1. The fourth-order valence-corrected chi connectivity index (χ4v) is 2.48. The second-order valence-corrected chi connectivity index (χ2v) is 5.92. The van der Waals surface area contributed by atoms with Crippen molar-refractivity contribution in [1.29, 1.82) is 0 Å². The van der Waals surface area contributed by atoms with Crippen LogP contribution in [0.25, 0.3) is 11.4 Å². The molecule has 1 saturated carbocycles. The molecule has 2 N–H and O–H groups in total. The molecule has 6 nitrogen and oxygen atoms in total. The lowest BCUT2D eigenvalue weighted by Gasteiger charge is -2.21. The zero-order chi connectivity index (χ0) is 15.7. The molecule has 0 saturated heterocycles. The van der Waals surface area contributed by atoms with Crippen LogP contribution in [0.15, 0.2) is 24.3 Å². The molecule has 2 aromatic rings. The van der Waals surface area contributed by atoms with Gasteiger partial charge in [-0.1, -0.05) is 12.1 Å². The zero-order valence-electron chi connectivity index (χ0n) is 12.8. The van der Waals surface area contributed by atoms with E-state index in [0.717, 1.165) is 24.2 Å². The van der Waals surface area contributed by atoms with Gasteiger partial charge in [0.25, 0.3) is 5.91 Å². The van der Waals surface area contributed by atoms with Crippen molar-refractivity contribution >= 4 is 5.91 Å². The Kier molecular flexibility index (Phi) is 3.94. The molecule has 1 fully saturated rings. The van der Waals surface area contributed by atoms with Crippen molar-refractivity contribution in [3.63, 3.8) is 0 Å². The van der Waals surface area contributed by atoms with Gasteiger partial charge < -0.3 is 10.0 Å². The molecule has 1 aliphatic carbocycles. The summed E-state index contributed by atoms with van der Waals surface area (Å²) in [6, 6.07) is 7.24. The standard InChI is InChI=1S/C16H20N4O2/c1-10-17-15(19-18-10)12-4-3-5-13(8-12)16(22)20(2)9-14(21)11-6-7-11/h3-5,8,11,14,21H,6-7,9H2,1-2H3,(H,17,18,19). The number of H-pyrrole nitrogens is 1. The Labute approximate surface area is 129 Å². The highest BCUT2D eigenvalue weighted by molar-refractivity contribution is 5.95. The molecule has 1 atom stereocenters. The first-order chi connectivity index (χ1) is 10.5. The Morgan fingerprint density at radius 3 is 2.91 bits per heavy atom. The van der Waals surface area contributed by atoms with Crippen LogP contribution in [0.3, 0.4) is 0 Å². The summed E-state index contributed by atoms with van der Waals surface area (Å²) in [7, 11) is 1.72. The topological polar surface area (TPSA) is 82.1 Å². The van der Waals surface area contributed by atoms with E-state index in [9.17, 15) is 9.90 Å². The molecule has 0 radical (unpaired) electrons. The number of nitrogens with one attached hydrogen (secondary N) is 1. The van der Waals surface area contributed by atoms with Crippen LogP contribution in [0.5, 0.6) is 0 Å². The van der Waals surface area contributed by atoms with Crippen LogP contribution in [-0.4, -0.2) is 50.8 Å². The minimum absolute atomic E-state index is 0.103. The average molecular weight is 300 g/mol. The SMILES string of the molecule is Cc1nc(-c2cccc(C(=O)N(C)CC(O)C3CC3)c2)n[nH]1. The second-order valence-electron chi connectivity index (χ2n) is 5.92. The van der Waals surface area contributed by atoms with Crippen molar-refractivity contribution in [3.05, 3.63) is 35.7 Å². The van der Waals surface area contributed by atoms with E-state index in [1.165, 1.54) is 0 Å². The number of nitrogens with zero attached hydrogens (tertiary/aromatic N) is 3. The molecule has 6 heteroatoms. The molecule has 22 heavy (non-hydrogen) atoms. The maximum Gasteiger partial charge on any atom is 0.253 e. The summed E-state index contributed by atoms with van der Waals surface area (Å²) in [5.41, 5.74) is 1.37. The minimum Gasteiger partial charge on any atom is -0.391 e. The molecule has 0 aliphatic heterocycles. The van der Waals surface area contributed by atoms with Crippen molar-refractivity contribution in [2.24, 2.45) is 5.92 Å². The van der Waals surface area contributed by atoms with E-state index in [4.69, 9.17) is 0 Å². The van der Waals surface area contributed by atoms with Crippen LogP contribution in [0, 0.1) is 12.8 Å². The smallest absolute Gasteiger partial charge is 0.253 e. The number of hydrogen-bond donors (Lipinski definition) is 2. The molecular formula is C16H20N4O2. The van der Waals surface area contributed by atoms with Crippen LogP contribution >= 0.6 is 0 Å². The lowest BCUT2D eigenvalue weighted by Crippen LogP contribution is -2.35. The van der Waals surface area contributed by atoms with Crippen LogP contribution in [0.2, 0.25) is 0 Å². The van der Waals surface area contributed by atoms with Crippen LogP contribution in [-0.2, 0) is 0 Å². The molecule has 3 rings (SSSR count). The molecule has 1 aromatic heterocycles. The number of aliphatic hydroxyl groups is 1. The number of rotatable bonds is 5. The highest BCUT2D eigenvalue weighted by Gasteiger charge is 2.31. The molecule has 1 amide bonds. The van der Waals surface area contributed by atoms with Gasteiger partial charge in [-0.05, 0) is 37.8 Å². The van der Waals surface area contributed by atoms with Crippen molar-refractivity contribution in [2.75, 3.05) is 13.6 Å². The van der Waals surface area contributed by atoms with Gasteiger partial charge in [-0.15, -0.1) is 0 Å². The summed E-state index contributed by atoms with van der Waals surface area (Å²) in [4.78, 5) is 18.3. The van der Waals surface area contributed by atoms with Gasteiger partial charge in [-0.25, -0.2) is 4.98 Å². The summed E-state index contributed by atoms with van der Waals surface area (Å²) in [6.07, 6.45) is 1.69. The number of aromatic nitrogens is 3. The van der Waals surface area contributed by atoms with Gasteiger partial charge in [0.2, 0.25) is 0 Å². The van der Waals surface area contributed by atoms with Crippen molar-refractivity contribution < 1.29 is 9.90 Å². The van der Waals surface area contributed by atoms with Crippen LogP contribution in [0.1, 0.15) is 29.0 Å². The Hall–Kier alpha value is -2.21. The Bertz CT molecular complexity index is 678. The first-order valence-corrected chi connectivity index (χ1v) is 7.47. The Morgan fingerprint density at radius 2 is 2.27 bits per heavy atom. The van der Waals surface area contributed by atoms with Gasteiger partial charge in [0.15, 0.2) is 5.82 Å². The maximum absolute atomic E-state index is 12.5. The quantitative estimate of drug-likeness (QED) is 0.879. The maximum atomic E-state index is 12.5. The van der Waals surface area contributed by atoms with Crippen molar-refractivity contribution in [1.82, 2.24) is 20.1 Å². The monoisotopic (exact) mass is 300 g/mol. The van der Waals surface area contributed by atoms with Crippen LogP contribution < -0.4 is 0 Å². The fourth-order valence-electron chi connectivity index (χ4n) is 2.48. The summed E-state index contributed by atoms with van der Waals surface area (Å²) < 4.78 is 0. The zero-order valence-corrected chi connectivity index (χ0v) is 12.8. The third-order valence-electron chi connectivity index (χ3n) is 3.94. The molecule has 0 bridgehead atoms. The summed E-state index contributed by atoms with van der Waals surface area (Å²) in [5, 5.41) is 16.9. The first kappa shape index (κ1) is 14.7. The minimum atomic E-state index is -0.423. The van der Waals surface area contributed by atoms with Crippen molar-refractivity contribution in [3.8, 4) is 11.4 Å². The highest BCUT2D eigenvalue weighted by atomic mass is 16.3. The van der Waals surface area contributed by atoms with E-state index >= 15 is 0 Å². The predicted molar refractivity (Wildman–Crippen MR) is 82.2 cm³/mol. The van der Waals surface area contributed by atoms with Crippen LogP contribution in [0.4, 0.5) is 0 Å². The summed E-state index contributed by atoms with van der Waals surface area (Å²) in [5.74, 6) is 1.57. The van der Waals surface area contributed by atoms with E-state index in [0.29, 0.717) is 23.9 Å². The number of hydrogen-bond acceptors (Lipinski definition) is 4. The van der Waals surface area contributed by atoms with E-state index in [2.05, 4.69) is 15.2 Å². The van der Waals surface area contributed by atoms with Crippen molar-refractivity contribution in [2.45, 2.75) is 25.9 Å². The third-order valence-corrected chi connectivity index (χ3v) is 3.94. The number of aromatic amines is 1. The van der Waals surface area contributed by atoms with Gasteiger partial charge in [0, 0.05) is 24.7 Å². The van der Waals surface area contributed by atoms with E-state index in [-0.39, 0.29) is 5.91 Å². The van der Waals surface area contributed by atoms with Gasteiger partial charge in [0.1, 0.15) is 5.82 Å². The predicted octanol–water partition coefficient (Wildman–Crippen LogP) is 1.62.